The maximum absolute atomic E-state index is 12.7. The Balaban J connectivity index is 2.61. The van der Waals surface area contributed by atoms with Crippen LogP contribution in [-0.4, -0.2) is 29.8 Å². The minimum atomic E-state index is -0.311. The van der Waals surface area contributed by atoms with Crippen molar-refractivity contribution in [2.45, 2.75) is 46.5 Å². The normalized spacial score (nSPS) is 17.2. The number of allylic oxidation sites excluding steroid dienone is 1. The fourth-order valence-corrected chi connectivity index (χ4v) is 3.13. The molecule has 0 bridgehead atoms. The van der Waals surface area contributed by atoms with Crippen LogP contribution in [0.15, 0.2) is 40.6 Å². The van der Waals surface area contributed by atoms with E-state index in [0.29, 0.717) is 17.7 Å². The van der Waals surface area contributed by atoms with Crippen molar-refractivity contribution in [3.05, 3.63) is 46.7 Å². The molecule has 0 N–H and O–H groups in total. The molecule has 0 fully saturated rings. The molecule has 0 amide bonds. The number of hydrazone groups is 1. The number of carbonyl (C=O) groups excluding carboxylic acids is 1. The molecule has 0 aliphatic carbocycles. The molecule has 0 aromatic heterocycles. The molecule has 5 nitrogen and oxygen atoms in total. The maximum atomic E-state index is 12.7. The number of benzene rings is 1. The molecule has 0 saturated heterocycles. The van der Waals surface area contributed by atoms with Gasteiger partial charge in [-0.15, -0.1) is 0 Å². The van der Waals surface area contributed by atoms with Crippen molar-refractivity contribution >= 4 is 11.7 Å². The topological polar surface area (TPSA) is 65.7 Å². The van der Waals surface area contributed by atoms with Gasteiger partial charge < -0.3 is 4.74 Å². The van der Waals surface area contributed by atoms with Gasteiger partial charge in [0.25, 0.3) is 0 Å². The first-order chi connectivity index (χ1) is 12.1. The van der Waals surface area contributed by atoms with Crippen LogP contribution in [-0.2, 0) is 9.53 Å². The molecule has 0 radical (unpaired) electrons. The van der Waals surface area contributed by atoms with Gasteiger partial charge in [0.2, 0.25) is 0 Å². The van der Waals surface area contributed by atoms with Crippen LogP contribution in [0.4, 0.5) is 0 Å². The second-order valence-corrected chi connectivity index (χ2v) is 5.96. The second kappa shape index (κ2) is 8.48. The Bertz CT molecular complexity index is 744. The van der Waals surface area contributed by atoms with Crippen molar-refractivity contribution in [3.8, 4) is 6.07 Å². The zero-order valence-corrected chi connectivity index (χ0v) is 15.4. The number of nitrogens with zero attached hydrogens (tertiary/aromatic N) is 3. The van der Waals surface area contributed by atoms with E-state index < -0.39 is 0 Å². The van der Waals surface area contributed by atoms with Gasteiger partial charge in [-0.1, -0.05) is 26.0 Å². The molecule has 2 rings (SSSR count). The first-order valence-corrected chi connectivity index (χ1v) is 8.80. The second-order valence-electron chi connectivity index (χ2n) is 5.96. The number of ether oxygens (including phenoxy) is 1. The highest BCUT2D eigenvalue weighted by atomic mass is 16.5. The van der Waals surface area contributed by atoms with Gasteiger partial charge in [-0.3, -0.25) is 5.01 Å². The lowest BCUT2D eigenvalue weighted by atomic mass is 9.83. The Hall–Kier alpha value is -2.61. The van der Waals surface area contributed by atoms with Crippen LogP contribution in [0.25, 0.3) is 0 Å². The largest absolute Gasteiger partial charge is 0.463 e. The fraction of sp³-hybridized carbons (Fsp3) is 0.450. The third kappa shape index (κ3) is 3.90. The molecule has 1 aliphatic heterocycles. The van der Waals surface area contributed by atoms with Crippen molar-refractivity contribution in [1.29, 1.82) is 5.26 Å². The van der Waals surface area contributed by atoms with E-state index in [4.69, 9.17) is 9.84 Å². The molecule has 0 spiro atoms. The number of nitriles is 1. The highest BCUT2D eigenvalue weighted by Gasteiger charge is 2.35. The molecule has 1 atom stereocenters. The van der Waals surface area contributed by atoms with Crippen molar-refractivity contribution in [2.24, 2.45) is 5.10 Å². The van der Waals surface area contributed by atoms with E-state index in [9.17, 15) is 10.1 Å². The highest BCUT2D eigenvalue weighted by Crippen LogP contribution is 2.36. The zero-order valence-electron chi connectivity index (χ0n) is 15.4. The number of rotatable bonds is 6. The third-order valence-corrected chi connectivity index (χ3v) is 4.29. The molecule has 5 heteroatoms. The quantitative estimate of drug-likeness (QED) is 0.736. The Morgan fingerprint density at radius 3 is 2.72 bits per heavy atom. The van der Waals surface area contributed by atoms with Crippen LogP contribution in [0.2, 0.25) is 0 Å². The van der Waals surface area contributed by atoms with Gasteiger partial charge in [0, 0.05) is 12.2 Å². The summed E-state index contributed by atoms with van der Waals surface area (Å²) >= 11 is 0. The van der Waals surface area contributed by atoms with Gasteiger partial charge in [0.1, 0.15) is 0 Å². The van der Waals surface area contributed by atoms with Crippen LogP contribution in [0.5, 0.6) is 0 Å². The van der Waals surface area contributed by atoms with E-state index in [1.54, 1.807) is 13.0 Å². The number of esters is 1. The smallest absolute Gasteiger partial charge is 0.336 e. The standard InChI is InChI=1S/C20H25N3O2/c1-5-11-23-14(4)18(20(24)25-7-3)19(17(6-2)22-23)16-10-8-9-15(12-16)13-21/h8-10,12,19H,5-7,11H2,1-4H3. The van der Waals surface area contributed by atoms with E-state index >= 15 is 0 Å². The summed E-state index contributed by atoms with van der Waals surface area (Å²) in [5.74, 6) is -0.584. The monoisotopic (exact) mass is 339 g/mol. The summed E-state index contributed by atoms with van der Waals surface area (Å²) in [5, 5.41) is 15.9. The molecular weight excluding hydrogens is 314 g/mol. The van der Waals surface area contributed by atoms with Crippen LogP contribution in [0.3, 0.4) is 0 Å². The zero-order chi connectivity index (χ0) is 18.4. The summed E-state index contributed by atoms with van der Waals surface area (Å²) in [6.45, 7) is 8.92. The fourth-order valence-electron chi connectivity index (χ4n) is 3.13. The van der Waals surface area contributed by atoms with Crippen molar-refractivity contribution < 1.29 is 9.53 Å². The van der Waals surface area contributed by atoms with E-state index in [-0.39, 0.29) is 11.9 Å². The first-order valence-electron chi connectivity index (χ1n) is 8.80. The molecular formula is C20H25N3O2. The highest BCUT2D eigenvalue weighted by molar-refractivity contribution is 6.04. The lowest BCUT2D eigenvalue weighted by Crippen LogP contribution is -2.33. The first kappa shape index (κ1) is 18.7. The summed E-state index contributed by atoms with van der Waals surface area (Å²) < 4.78 is 5.34. The number of hydrogen-bond acceptors (Lipinski definition) is 5. The lowest BCUT2D eigenvalue weighted by Gasteiger charge is -2.33. The average Bonchev–Trinajstić information content (AvgIpc) is 2.63. The Morgan fingerprint density at radius 2 is 2.12 bits per heavy atom. The van der Waals surface area contributed by atoms with Crippen molar-refractivity contribution in [3.63, 3.8) is 0 Å². The predicted octanol–water partition coefficient (Wildman–Crippen LogP) is 3.97. The van der Waals surface area contributed by atoms with Gasteiger partial charge in [-0.25, -0.2) is 4.79 Å². The minimum Gasteiger partial charge on any atom is -0.463 e. The molecule has 25 heavy (non-hydrogen) atoms. The number of hydrogen-bond donors (Lipinski definition) is 0. The lowest BCUT2D eigenvalue weighted by molar-refractivity contribution is -0.138. The Morgan fingerprint density at radius 1 is 1.36 bits per heavy atom. The molecule has 1 aliphatic rings. The van der Waals surface area contributed by atoms with Gasteiger partial charge >= 0.3 is 5.97 Å². The number of carbonyl (C=O) groups is 1. The van der Waals surface area contributed by atoms with Crippen LogP contribution in [0, 0.1) is 11.3 Å². The van der Waals surface area contributed by atoms with E-state index in [1.807, 2.05) is 37.1 Å². The Kier molecular flexibility index (Phi) is 6.35. The van der Waals surface area contributed by atoms with Gasteiger partial charge in [0.15, 0.2) is 0 Å². The average molecular weight is 339 g/mol. The molecule has 0 saturated carbocycles. The van der Waals surface area contributed by atoms with Crippen LogP contribution >= 0.6 is 0 Å². The van der Waals surface area contributed by atoms with E-state index in [0.717, 1.165) is 36.4 Å². The Labute approximate surface area is 149 Å². The molecule has 1 heterocycles. The third-order valence-electron chi connectivity index (χ3n) is 4.29. The van der Waals surface area contributed by atoms with Crippen molar-refractivity contribution in [1.82, 2.24) is 5.01 Å². The van der Waals surface area contributed by atoms with E-state index in [2.05, 4.69) is 13.0 Å². The molecule has 1 aromatic carbocycles. The SMILES string of the molecule is CCCN1N=C(CC)C(c2cccc(C#N)c2)C(C(=O)OCC)=C1C. The molecule has 1 aromatic rings. The summed E-state index contributed by atoms with van der Waals surface area (Å²) in [5.41, 5.74) is 3.84. The summed E-state index contributed by atoms with van der Waals surface area (Å²) in [6.07, 6.45) is 1.65. The molecule has 1 unspecified atom stereocenters. The summed E-state index contributed by atoms with van der Waals surface area (Å²) in [7, 11) is 0. The maximum Gasteiger partial charge on any atom is 0.336 e. The van der Waals surface area contributed by atoms with Gasteiger partial charge in [-0.05, 0) is 44.4 Å². The molecule has 132 valence electrons. The van der Waals surface area contributed by atoms with Crippen LogP contribution < -0.4 is 0 Å². The summed E-state index contributed by atoms with van der Waals surface area (Å²) in [6, 6.07) is 9.55. The minimum absolute atomic E-state index is 0.273. The summed E-state index contributed by atoms with van der Waals surface area (Å²) in [4.78, 5) is 12.7. The van der Waals surface area contributed by atoms with Gasteiger partial charge in [0.05, 0.1) is 35.4 Å². The van der Waals surface area contributed by atoms with Gasteiger partial charge in [-0.2, -0.15) is 10.4 Å². The van der Waals surface area contributed by atoms with E-state index in [1.165, 1.54) is 0 Å². The predicted molar refractivity (Wildman–Crippen MR) is 98.0 cm³/mol. The van der Waals surface area contributed by atoms with Crippen LogP contribution in [0.1, 0.15) is 57.6 Å². The van der Waals surface area contributed by atoms with Crippen molar-refractivity contribution in [2.75, 3.05) is 13.2 Å².